The Morgan fingerprint density at radius 1 is 1.25 bits per heavy atom. The number of hydrogen-bond acceptors (Lipinski definition) is 3. The maximum atomic E-state index is 5.24. The largest absolute Gasteiger partial charge is 0.350 e. The van der Waals surface area contributed by atoms with E-state index in [1.807, 2.05) is 27.7 Å². The standard InChI is InChI=1S/C9H20O3/c1-6-7-10-8(2)11-12-9(3,4)5/h8H,6-7H2,1-5H3. The van der Waals surface area contributed by atoms with E-state index in [0.717, 1.165) is 6.42 Å². The number of ether oxygens (including phenoxy) is 1. The van der Waals surface area contributed by atoms with Crippen LogP contribution in [0.4, 0.5) is 0 Å². The first-order valence-corrected chi connectivity index (χ1v) is 4.42. The molecule has 0 amide bonds. The highest BCUT2D eigenvalue weighted by atomic mass is 17.2. The summed E-state index contributed by atoms with van der Waals surface area (Å²) in [7, 11) is 0. The van der Waals surface area contributed by atoms with E-state index in [-0.39, 0.29) is 11.9 Å². The molecule has 0 rings (SSSR count). The monoisotopic (exact) mass is 176 g/mol. The van der Waals surface area contributed by atoms with Crippen LogP contribution in [0.3, 0.4) is 0 Å². The molecule has 0 aromatic rings. The van der Waals surface area contributed by atoms with Gasteiger partial charge in [-0.15, -0.1) is 0 Å². The summed E-state index contributed by atoms with van der Waals surface area (Å²) in [6.45, 7) is 10.4. The molecule has 12 heavy (non-hydrogen) atoms. The Morgan fingerprint density at radius 3 is 2.25 bits per heavy atom. The molecule has 1 unspecified atom stereocenters. The molecule has 0 aliphatic carbocycles. The Bertz CT molecular complexity index is 107. The van der Waals surface area contributed by atoms with Gasteiger partial charge in [0.05, 0.1) is 5.60 Å². The molecular weight excluding hydrogens is 156 g/mol. The van der Waals surface area contributed by atoms with E-state index in [0.29, 0.717) is 6.61 Å². The molecule has 0 aromatic heterocycles. The van der Waals surface area contributed by atoms with E-state index in [1.165, 1.54) is 0 Å². The normalized spacial score (nSPS) is 14.8. The van der Waals surface area contributed by atoms with Crippen LogP contribution in [0.2, 0.25) is 0 Å². The van der Waals surface area contributed by atoms with Gasteiger partial charge in [0.1, 0.15) is 0 Å². The summed E-state index contributed by atoms with van der Waals surface area (Å²) in [5, 5.41) is 0. The molecule has 3 heteroatoms. The van der Waals surface area contributed by atoms with Crippen LogP contribution in [0.15, 0.2) is 0 Å². The maximum absolute atomic E-state index is 5.24. The molecule has 0 N–H and O–H groups in total. The van der Waals surface area contributed by atoms with Crippen molar-refractivity contribution in [1.29, 1.82) is 0 Å². The molecule has 3 nitrogen and oxygen atoms in total. The lowest BCUT2D eigenvalue weighted by Crippen LogP contribution is -2.24. The fourth-order valence-corrected chi connectivity index (χ4v) is 0.524. The Kier molecular flexibility index (Phi) is 5.46. The van der Waals surface area contributed by atoms with Gasteiger partial charge < -0.3 is 4.74 Å². The second-order valence-electron chi connectivity index (χ2n) is 3.73. The van der Waals surface area contributed by atoms with Crippen LogP contribution >= 0.6 is 0 Å². The Labute approximate surface area is 74.9 Å². The molecule has 0 spiro atoms. The van der Waals surface area contributed by atoms with Gasteiger partial charge in [0.25, 0.3) is 0 Å². The third kappa shape index (κ3) is 7.98. The SMILES string of the molecule is CCCOC(C)OOC(C)(C)C. The zero-order valence-electron chi connectivity index (χ0n) is 8.72. The van der Waals surface area contributed by atoms with E-state index in [2.05, 4.69) is 6.92 Å². The van der Waals surface area contributed by atoms with Crippen LogP contribution in [0, 0.1) is 0 Å². The molecule has 0 aliphatic rings. The van der Waals surface area contributed by atoms with Crippen LogP contribution < -0.4 is 0 Å². The summed E-state index contributed by atoms with van der Waals surface area (Å²) >= 11 is 0. The van der Waals surface area contributed by atoms with Crippen molar-refractivity contribution in [3.05, 3.63) is 0 Å². The number of hydrogen-bond donors (Lipinski definition) is 0. The van der Waals surface area contributed by atoms with Crippen molar-refractivity contribution in [2.24, 2.45) is 0 Å². The zero-order chi connectivity index (χ0) is 9.61. The van der Waals surface area contributed by atoms with E-state index in [4.69, 9.17) is 14.5 Å². The van der Waals surface area contributed by atoms with Crippen LogP contribution in [-0.2, 0) is 14.5 Å². The molecule has 0 fully saturated rings. The summed E-state index contributed by atoms with van der Waals surface area (Å²) in [6.07, 6.45) is 0.702. The Balaban J connectivity index is 3.37. The minimum atomic E-state index is -0.288. The van der Waals surface area contributed by atoms with E-state index < -0.39 is 0 Å². The third-order valence-electron chi connectivity index (χ3n) is 0.990. The average Bonchev–Trinajstić information content (AvgIpc) is 1.95. The predicted molar refractivity (Wildman–Crippen MR) is 47.6 cm³/mol. The smallest absolute Gasteiger partial charge is 0.188 e. The molecule has 74 valence electrons. The van der Waals surface area contributed by atoms with Crippen molar-refractivity contribution in [3.8, 4) is 0 Å². The second kappa shape index (κ2) is 5.51. The topological polar surface area (TPSA) is 27.7 Å². The van der Waals surface area contributed by atoms with E-state index >= 15 is 0 Å². The maximum Gasteiger partial charge on any atom is 0.188 e. The van der Waals surface area contributed by atoms with Gasteiger partial charge in [0.15, 0.2) is 6.29 Å². The van der Waals surface area contributed by atoms with E-state index in [1.54, 1.807) is 0 Å². The fourth-order valence-electron chi connectivity index (χ4n) is 0.524. The van der Waals surface area contributed by atoms with Crippen molar-refractivity contribution in [3.63, 3.8) is 0 Å². The van der Waals surface area contributed by atoms with Crippen molar-refractivity contribution >= 4 is 0 Å². The van der Waals surface area contributed by atoms with Crippen LogP contribution in [0.25, 0.3) is 0 Å². The third-order valence-corrected chi connectivity index (χ3v) is 0.990. The summed E-state index contributed by atoms with van der Waals surface area (Å²) in [5.41, 5.74) is -0.274. The Morgan fingerprint density at radius 2 is 1.83 bits per heavy atom. The molecule has 0 radical (unpaired) electrons. The van der Waals surface area contributed by atoms with Gasteiger partial charge in [0, 0.05) is 6.61 Å². The minimum absolute atomic E-state index is 0.274. The fraction of sp³-hybridized carbons (Fsp3) is 1.00. The van der Waals surface area contributed by atoms with Crippen LogP contribution in [0.5, 0.6) is 0 Å². The van der Waals surface area contributed by atoms with Gasteiger partial charge in [-0.3, -0.25) is 0 Å². The summed E-state index contributed by atoms with van der Waals surface area (Å²) in [6, 6.07) is 0. The molecule has 0 bridgehead atoms. The Hall–Kier alpha value is -0.120. The van der Waals surface area contributed by atoms with Gasteiger partial charge in [-0.05, 0) is 34.1 Å². The highest BCUT2D eigenvalue weighted by molar-refractivity contribution is 4.54. The van der Waals surface area contributed by atoms with E-state index in [9.17, 15) is 0 Å². The van der Waals surface area contributed by atoms with Crippen molar-refractivity contribution in [1.82, 2.24) is 0 Å². The first-order valence-electron chi connectivity index (χ1n) is 4.42. The molecule has 0 heterocycles. The van der Waals surface area contributed by atoms with Gasteiger partial charge in [-0.1, -0.05) is 6.92 Å². The highest BCUT2D eigenvalue weighted by Gasteiger charge is 2.13. The van der Waals surface area contributed by atoms with Crippen molar-refractivity contribution in [2.45, 2.75) is 52.9 Å². The molecule has 0 aliphatic heterocycles. The number of rotatable bonds is 5. The average molecular weight is 176 g/mol. The molecule has 1 atom stereocenters. The molecule has 0 saturated heterocycles. The first-order chi connectivity index (χ1) is 5.45. The summed E-state index contributed by atoms with van der Waals surface area (Å²) < 4.78 is 5.24. The minimum Gasteiger partial charge on any atom is -0.350 e. The molecular formula is C9H20O3. The quantitative estimate of drug-likeness (QED) is 0.366. The summed E-state index contributed by atoms with van der Waals surface area (Å²) in [5.74, 6) is 0. The summed E-state index contributed by atoms with van der Waals surface area (Å²) in [4.78, 5) is 10.0. The van der Waals surface area contributed by atoms with Crippen molar-refractivity contribution < 1.29 is 14.5 Å². The van der Waals surface area contributed by atoms with Gasteiger partial charge in [-0.2, -0.15) is 0 Å². The van der Waals surface area contributed by atoms with Gasteiger partial charge in [0.2, 0.25) is 0 Å². The van der Waals surface area contributed by atoms with Gasteiger partial charge in [-0.25, -0.2) is 9.78 Å². The van der Waals surface area contributed by atoms with Crippen LogP contribution in [0.1, 0.15) is 41.0 Å². The lowest BCUT2D eigenvalue weighted by atomic mass is 10.2. The first kappa shape index (κ1) is 11.9. The zero-order valence-corrected chi connectivity index (χ0v) is 8.72. The second-order valence-corrected chi connectivity index (χ2v) is 3.73. The van der Waals surface area contributed by atoms with Crippen molar-refractivity contribution in [2.75, 3.05) is 6.61 Å². The molecule has 0 aromatic carbocycles. The molecule has 0 saturated carbocycles. The van der Waals surface area contributed by atoms with Crippen LogP contribution in [-0.4, -0.2) is 18.5 Å². The van der Waals surface area contributed by atoms with Gasteiger partial charge >= 0.3 is 0 Å². The predicted octanol–water partition coefficient (Wildman–Crippen LogP) is 2.51. The highest BCUT2D eigenvalue weighted by Crippen LogP contribution is 2.09. The lowest BCUT2D eigenvalue weighted by Gasteiger charge is -2.20. The lowest BCUT2D eigenvalue weighted by molar-refractivity contribution is -0.411.